The Hall–Kier alpha value is -2.15. The molecular weight excluding hydrogens is 274 g/mol. The molecule has 0 heterocycles. The molecule has 0 aromatic heterocycles. The van der Waals surface area contributed by atoms with Crippen LogP contribution in [0.5, 0.6) is 5.75 Å². The molecule has 2 atom stereocenters. The van der Waals surface area contributed by atoms with Crippen LogP contribution in [0.15, 0.2) is 18.2 Å². The van der Waals surface area contributed by atoms with E-state index in [2.05, 4.69) is 5.32 Å². The van der Waals surface area contributed by atoms with E-state index in [9.17, 15) is 14.9 Å². The molecule has 1 aliphatic rings. The quantitative estimate of drug-likeness (QED) is 0.633. The number of nitrogens with two attached hydrogens (primary N) is 1. The number of carbonyl (C=O) groups excluding carboxylic acids is 1. The van der Waals surface area contributed by atoms with Crippen LogP contribution in [0.3, 0.4) is 0 Å². The molecule has 1 fully saturated rings. The lowest BCUT2D eigenvalue weighted by molar-refractivity contribution is -0.386. The summed E-state index contributed by atoms with van der Waals surface area (Å²) in [6.07, 6.45) is 3.76. The summed E-state index contributed by atoms with van der Waals surface area (Å²) in [5.41, 5.74) is 5.27. The van der Waals surface area contributed by atoms with Crippen LogP contribution in [0.2, 0.25) is 0 Å². The van der Waals surface area contributed by atoms with Crippen LogP contribution in [0, 0.1) is 10.1 Å². The number of primary amides is 1. The number of hydrogen-bond donors (Lipinski definition) is 2. The van der Waals surface area contributed by atoms with Crippen LogP contribution in [-0.2, 0) is 0 Å². The van der Waals surface area contributed by atoms with E-state index in [1.54, 1.807) is 0 Å². The van der Waals surface area contributed by atoms with Gasteiger partial charge in [-0.05, 0) is 32.4 Å². The first-order valence-electron chi connectivity index (χ1n) is 6.95. The number of likely N-dealkylation sites (N-methyl/N-ethyl adjacent to an activating group) is 1. The van der Waals surface area contributed by atoms with Crippen molar-refractivity contribution in [3.8, 4) is 5.75 Å². The van der Waals surface area contributed by atoms with Gasteiger partial charge in [-0.25, -0.2) is 0 Å². The summed E-state index contributed by atoms with van der Waals surface area (Å²) >= 11 is 0. The van der Waals surface area contributed by atoms with Gasteiger partial charge in [0.05, 0.1) is 4.92 Å². The lowest BCUT2D eigenvalue weighted by atomic mass is 9.92. The van der Waals surface area contributed by atoms with Gasteiger partial charge in [0.15, 0.2) is 5.75 Å². The fourth-order valence-corrected chi connectivity index (χ4v) is 2.64. The zero-order valence-electron chi connectivity index (χ0n) is 11.9. The number of nitrogens with zero attached hydrogens (tertiary/aromatic N) is 1. The minimum Gasteiger partial charge on any atom is -0.482 e. The molecule has 1 aromatic carbocycles. The van der Waals surface area contributed by atoms with Crippen LogP contribution in [0.25, 0.3) is 0 Å². The van der Waals surface area contributed by atoms with Crippen LogP contribution in [0.1, 0.15) is 36.0 Å². The maximum atomic E-state index is 11.2. The fourth-order valence-electron chi connectivity index (χ4n) is 2.64. The Labute approximate surface area is 122 Å². The molecular formula is C14H19N3O4. The fraction of sp³-hybridized carbons (Fsp3) is 0.500. The molecule has 0 radical (unpaired) electrons. The minimum absolute atomic E-state index is 0.100. The van der Waals surface area contributed by atoms with Gasteiger partial charge in [0.1, 0.15) is 6.10 Å². The Morgan fingerprint density at radius 1 is 1.43 bits per heavy atom. The third-order valence-electron chi connectivity index (χ3n) is 3.79. The first kappa shape index (κ1) is 15.2. The molecule has 0 saturated heterocycles. The van der Waals surface area contributed by atoms with E-state index in [4.69, 9.17) is 10.5 Å². The van der Waals surface area contributed by atoms with Gasteiger partial charge in [-0.2, -0.15) is 0 Å². The first-order chi connectivity index (χ1) is 10.0. The SMILES string of the molecule is CNC1CCCCC1Oc1cc(C(N)=O)ccc1[N+](=O)[O-]. The summed E-state index contributed by atoms with van der Waals surface area (Å²) in [5.74, 6) is -0.535. The van der Waals surface area contributed by atoms with E-state index in [0.717, 1.165) is 25.7 Å². The maximum absolute atomic E-state index is 11.2. The molecule has 7 nitrogen and oxygen atoms in total. The number of rotatable bonds is 5. The molecule has 2 rings (SSSR count). The zero-order valence-corrected chi connectivity index (χ0v) is 11.9. The number of nitrogens with one attached hydrogen (secondary N) is 1. The van der Waals surface area contributed by atoms with E-state index < -0.39 is 10.8 Å². The highest BCUT2D eigenvalue weighted by atomic mass is 16.6. The van der Waals surface area contributed by atoms with Gasteiger partial charge in [-0.3, -0.25) is 14.9 Å². The van der Waals surface area contributed by atoms with E-state index in [1.165, 1.54) is 18.2 Å². The van der Waals surface area contributed by atoms with E-state index >= 15 is 0 Å². The molecule has 2 unspecified atom stereocenters. The number of hydrogen-bond acceptors (Lipinski definition) is 5. The van der Waals surface area contributed by atoms with Gasteiger partial charge in [-0.15, -0.1) is 0 Å². The minimum atomic E-state index is -0.636. The molecule has 7 heteroatoms. The van der Waals surface area contributed by atoms with Crippen molar-refractivity contribution in [1.82, 2.24) is 5.32 Å². The van der Waals surface area contributed by atoms with Gasteiger partial charge >= 0.3 is 5.69 Å². The predicted octanol–water partition coefficient (Wildman–Crippen LogP) is 1.60. The molecule has 1 amide bonds. The number of nitro groups is 1. The summed E-state index contributed by atoms with van der Waals surface area (Å²) in [7, 11) is 1.85. The second-order valence-electron chi connectivity index (χ2n) is 5.14. The topological polar surface area (TPSA) is 107 Å². The first-order valence-corrected chi connectivity index (χ1v) is 6.95. The van der Waals surface area contributed by atoms with Crippen molar-refractivity contribution in [3.05, 3.63) is 33.9 Å². The number of benzene rings is 1. The monoisotopic (exact) mass is 293 g/mol. The van der Waals surface area contributed by atoms with Gasteiger partial charge in [0.2, 0.25) is 5.91 Å². The largest absolute Gasteiger partial charge is 0.482 e. The number of ether oxygens (including phenoxy) is 1. The molecule has 1 saturated carbocycles. The molecule has 0 aliphatic heterocycles. The molecule has 21 heavy (non-hydrogen) atoms. The second-order valence-corrected chi connectivity index (χ2v) is 5.14. The predicted molar refractivity (Wildman–Crippen MR) is 77.3 cm³/mol. The average molecular weight is 293 g/mol. The lowest BCUT2D eigenvalue weighted by Gasteiger charge is -2.31. The Balaban J connectivity index is 2.29. The average Bonchev–Trinajstić information content (AvgIpc) is 2.47. The van der Waals surface area contributed by atoms with Crippen molar-refractivity contribution in [2.75, 3.05) is 7.05 Å². The smallest absolute Gasteiger partial charge is 0.310 e. The maximum Gasteiger partial charge on any atom is 0.310 e. The summed E-state index contributed by atoms with van der Waals surface area (Å²) in [6.45, 7) is 0. The molecule has 0 spiro atoms. The molecule has 114 valence electrons. The molecule has 0 bridgehead atoms. The number of nitro benzene ring substituents is 1. The highest BCUT2D eigenvalue weighted by Gasteiger charge is 2.28. The van der Waals surface area contributed by atoms with Crippen LogP contribution < -0.4 is 15.8 Å². The summed E-state index contributed by atoms with van der Waals surface area (Å²) < 4.78 is 5.83. The van der Waals surface area contributed by atoms with Crippen molar-refractivity contribution in [3.63, 3.8) is 0 Å². The summed E-state index contributed by atoms with van der Waals surface area (Å²) in [4.78, 5) is 21.8. The lowest BCUT2D eigenvalue weighted by Crippen LogP contribution is -2.43. The molecule has 1 aromatic rings. The van der Waals surface area contributed by atoms with Crippen molar-refractivity contribution in [1.29, 1.82) is 0 Å². The van der Waals surface area contributed by atoms with Gasteiger partial charge in [0, 0.05) is 23.7 Å². The second kappa shape index (κ2) is 6.53. The van der Waals surface area contributed by atoms with E-state index in [1.807, 2.05) is 7.05 Å². The number of amides is 1. The van der Waals surface area contributed by atoms with Crippen molar-refractivity contribution in [2.45, 2.75) is 37.8 Å². The van der Waals surface area contributed by atoms with Gasteiger partial charge in [0.25, 0.3) is 0 Å². The highest BCUT2D eigenvalue weighted by molar-refractivity contribution is 5.93. The normalized spacial score (nSPS) is 21.8. The third kappa shape index (κ3) is 3.49. The Morgan fingerprint density at radius 3 is 2.76 bits per heavy atom. The Kier molecular flexibility index (Phi) is 4.74. The zero-order chi connectivity index (χ0) is 15.4. The highest BCUT2D eigenvalue weighted by Crippen LogP contribution is 2.31. The summed E-state index contributed by atoms with van der Waals surface area (Å²) in [6, 6.07) is 4.09. The molecule has 3 N–H and O–H groups in total. The van der Waals surface area contributed by atoms with Crippen molar-refractivity contribution >= 4 is 11.6 Å². The van der Waals surface area contributed by atoms with Crippen LogP contribution >= 0.6 is 0 Å². The number of carbonyl (C=O) groups is 1. The van der Waals surface area contributed by atoms with Crippen LogP contribution in [0.4, 0.5) is 5.69 Å². The van der Waals surface area contributed by atoms with Crippen LogP contribution in [-0.4, -0.2) is 30.0 Å². The van der Waals surface area contributed by atoms with Crippen molar-refractivity contribution < 1.29 is 14.5 Å². The third-order valence-corrected chi connectivity index (χ3v) is 3.79. The standard InChI is InChI=1S/C14H19N3O4/c1-16-10-4-2-3-5-12(10)21-13-8-9(14(15)18)6-7-11(13)17(19)20/h6-8,10,12,16H,2-5H2,1H3,(H2,15,18). The van der Waals surface area contributed by atoms with Gasteiger partial charge < -0.3 is 15.8 Å². The van der Waals surface area contributed by atoms with E-state index in [0.29, 0.717) is 0 Å². The summed E-state index contributed by atoms with van der Waals surface area (Å²) in [5, 5.41) is 14.3. The van der Waals surface area contributed by atoms with Crippen molar-refractivity contribution in [2.24, 2.45) is 5.73 Å². The Morgan fingerprint density at radius 2 is 2.14 bits per heavy atom. The Bertz CT molecular complexity index is 547. The van der Waals surface area contributed by atoms with Gasteiger partial charge in [-0.1, -0.05) is 6.42 Å². The molecule has 1 aliphatic carbocycles. The van der Waals surface area contributed by atoms with E-state index in [-0.39, 0.29) is 29.1 Å².